The predicted octanol–water partition coefficient (Wildman–Crippen LogP) is 2.82. The molecule has 20 heavy (non-hydrogen) atoms. The molecule has 0 amide bonds. The van der Waals surface area contributed by atoms with Crippen LogP contribution >= 0.6 is 11.3 Å². The van der Waals surface area contributed by atoms with E-state index < -0.39 is 0 Å². The molecule has 4 nitrogen and oxygen atoms in total. The topological polar surface area (TPSA) is 37.4 Å². The summed E-state index contributed by atoms with van der Waals surface area (Å²) >= 11 is 1.83. The highest BCUT2D eigenvalue weighted by atomic mass is 32.1. The number of rotatable bonds is 9. The van der Waals surface area contributed by atoms with Crippen LogP contribution in [-0.4, -0.2) is 37.8 Å². The van der Waals surface area contributed by atoms with Gasteiger partial charge in [-0.25, -0.2) is 4.98 Å². The number of hydrogen-bond donors (Lipinski definition) is 1. The molecule has 5 heteroatoms. The Kier molecular flexibility index (Phi) is 5.81. The van der Waals surface area contributed by atoms with Crippen molar-refractivity contribution in [3.05, 3.63) is 10.6 Å². The molecule has 1 heterocycles. The van der Waals surface area contributed by atoms with E-state index in [0.29, 0.717) is 6.04 Å². The quantitative estimate of drug-likeness (QED) is 0.760. The Morgan fingerprint density at radius 1 is 1.50 bits per heavy atom. The average molecular weight is 297 g/mol. The number of anilines is 1. The van der Waals surface area contributed by atoms with Gasteiger partial charge in [-0.3, -0.25) is 0 Å². The van der Waals surface area contributed by atoms with Crippen molar-refractivity contribution in [2.45, 2.75) is 58.2 Å². The molecule has 1 N–H and O–H groups in total. The fourth-order valence-electron chi connectivity index (χ4n) is 2.16. The second-order valence-electron chi connectivity index (χ2n) is 5.69. The normalized spacial score (nSPS) is 16.4. The number of likely N-dealkylation sites (N-methyl/N-ethyl adjacent to an activating group) is 1. The highest BCUT2D eigenvalue weighted by Crippen LogP contribution is 2.29. The van der Waals surface area contributed by atoms with Crippen LogP contribution in [0.4, 0.5) is 5.13 Å². The van der Waals surface area contributed by atoms with Crippen LogP contribution in [0.5, 0.6) is 0 Å². The lowest BCUT2D eigenvalue weighted by molar-refractivity contribution is 0.183. The fraction of sp³-hybridized carbons (Fsp3) is 0.800. The molecule has 1 atom stereocenters. The van der Waals surface area contributed by atoms with Crippen LogP contribution in [-0.2, 0) is 17.7 Å². The zero-order valence-electron chi connectivity index (χ0n) is 13.1. The third-order valence-electron chi connectivity index (χ3n) is 3.75. The van der Waals surface area contributed by atoms with Crippen molar-refractivity contribution in [1.82, 2.24) is 10.3 Å². The summed E-state index contributed by atoms with van der Waals surface area (Å²) in [5.41, 5.74) is 1.28. The first-order valence-corrected chi connectivity index (χ1v) is 8.41. The molecule has 0 saturated heterocycles. The number of ether oxygens (including phenoxy) is 1. The minimum Gasteiger partial charge on any atom is -0.383 e. The Balaban J connectivity index is 2.05. The van der Waals surface area contributed by atoms with E-state index in [1.54, 1.807) is 7.11 Å². The molecule has 1 aromatic heterocycles. The lowest BCUT2D eigenvalue weighted by Gasteiger charge is -2.23. The molecule has 0 radical (unpaired) electrons. The van der Waals surface area contributed by atoms with Gasteiger partial charge in [0.15, 0.2) is 5.13 Å². The van der Waals surface area contributed by atoms with Gasteiger partial charge >= 0.3 is 0 Å². The van der Waals surface area contributed by atoms with Crippen molar-refractivity contribution < 1.29 is 4.74 Å². The van der Waals surface area contributed by atoms with Crippen molar-refractivity contribution in [3.63, 3.8) is 0 Å². The summed E-state index contributed by atoms with van der Waals surface area (Å²) in [6.45, 7) is 6.10. The molecule has 2 rings (SSSR count). The first-order chi connectivity index (χ1) is 9.65. The van der Waals surface area contributed by atoms with Crippen LogP contribution in [0.15, 0.2) is 0 Å². The summed E-state index contributed by atoms with van der Waals surface area (Å²) in [7, 11) is 3.86. The van der Waals surface area contributed by atoms with Gasteiger partial charge in [0.05, 0.1) is 18.3 Å². The van der Waals surface area contributed by atoms with E-state index in [1.807, 2.05) is 11.3 Å². The lowest BCUT2D eigenvalue weighted by Crippen LogP contribution is -2.32. The minimum atomic E-state index is 0.352. The van der Waals surface area contributed by atoms with E-state index in [2.05, 4.69) is 31.1 Å². The molecule has 1 fully saturated rings. The van der Waals surface area contributed by atoms with Crippen molar-refractivity contribution in [1.29, 1.82) is 0 Å². The van der Waals surface area contributed by atoms with Crippen LogP contribution in [0, 0.1) is 0 Å². The van der Waals surface area contributed by atoms with Gasteiger partial charge in [-0.1, -0.05) is 13.3 Å². The third kappa shape index (κ3) is 4.17. The molecule has 0 aromatic carbocycles. The molecule has 1 aliphatic rings. The van der Waals surface area contributed by atoms with Gasteiger partial charge in [0.25, 0.3) is 0 Å². The highest BCUT2D eigenvalue weighted by Gasteiger charge is 2.22. The van der Waals surface area contributed by atoms with Crippen molar-refractivity contribution in [2.24, 2.45) is 0 Å². The summed E-state index contributed by atoms with van der Waals surface area (Å²) in [6, 6.07) is 1.10. The van der Waals surface area contributed by atoms with Crippen LogP contribution in [0.3, 0.4) is 0 Å². The van der Waals surface area contributed by atoms with Gasteiger partial charge in [0, 0.05) is 31.6 Å². The number of nitrogens with zero attached hydrogens (tertiary/aromatic N) is 2. The van der Waals surface area contributed by atoms with E-state index in [-0.39, 0.29) is 0 Å². The second kappa shape index (κ2) is 7.38. The molecule has 1 aromatic rings. The first kappa shape index (κ1) is 15.7. The molecule has 0 spiro atoms. The van der Waals surface area contributed by atoms with Crippen molar-refractivity contribution in [2.75, 3.05) is 25.7 Å². The van der Waals surface area contributed by atoms with E-state index in [4.69, 9.17) is 9.72 Å². The van der Waals surface area contributed by atoms with Crippen LogP contribution in [0.25, 0.3) is 0 Å². The minimum absolute atomic E-state index is 0.352. The van der Waals surface area contributed by atoms with E-state index in [1.165, 1.54) is 23.4 Å². The maximum atomic E-state index is 5.24. The summed E-state index contributed by atoms with van der Waals surface area (Å²) in [4.78, 5) is 8.49. The Morgan fingerprint density at radius 2 is 2.25 bits per heavy atom. The first-order valence-electron chi connectivity index (χ1n) is 7.59. The Bertz CT molecular complexity index is 417. The van der Waals surface area contributed by atoms with Crippen LogP contribution in [0.2, 0.25) is 0 Å². The van der Waals surface area contributed by atoms with Crippen LogP contribution in [0.1, 0.15) is 43.7 Å². The Morgan fingerprint density at radius 3 is 2.85 bits per heavy atom. The van der Waals surface area contributed by atoms with Crippen molar-refractivity contribution >= 4 is 16.5 Å². The standard InChI is InChI=1S/C15H27N3OS/c1-5-6-13-14(9-16-12-7-8-12)20-15(17-13)18(3)11(2)10-19-4/h11-12,16H,5-10H2,1-4H3. The lowest BCUT2D eigenvalue weighted by atomic mass is 10.2. The molecule has 0 aliphatic heterocycles. The number of hydrogen-bond acceptors (Lipinski definition) is 5. The van der Waals surface area contributed by atoms with Crippen LogP contribution < -0.4 is 10.2 Å². The maximum absolute atomic E-state index is 5.24. The number of thiazole rings is 1. The van der Waals surface area contributed by atoms with E-state index in [0.717, 1.165) is 37.2 Å². The fourth-order valence-corrected chi connectivity index (χ4v) is 3.28. The molecule has 114 valence electrons. The molecule has 1 unspecified atom stereocenters. The number of nitrogens with one attached hydrogen (secondary N) is 1. The molecule has 1 saturated carbocycles. The highest BCUT2D eigenvalue weighted by molar-refractivity contribution is 7.15. The van der Waals surface area contributed by atoms with E-state index in [9.17, 15) is 0 Å². The van der Waals surface area contributed by atoms with Gasteiger partial charge in [0.1, 0.15) is 0 Å². The van der Waals surface area contributed by atoms with Crippen molar-refractivity contribution in [3.8, 4) is 0 Å². The van der Waals surface area contributed by atoms with Gasteiger partial charge in [0.2, 0.25) is 0 Å². The molecule has 0 bridgehead atoms. The largest absolute Gasteiger partial charge is 0.383 e. The smallest absolute Gasteiger partial charge is 0.185 e. The van der Waals surface area contributed by atoms with Gasteiger partial charge in [-0.2, -0.15) is 0 Å². The summed E-state index contributed by atoms with van der Waals surface area (Å²) in [5.74, 6) is 0. The monoisotopic (exact) mass is 297 g/mol. The van der Waals surface area contributed by atoms with E-state index >= 15 is 0 Å². The number of methoxy groups -OCH3 is 1. The average Bonchev–Trinajstić information content (AvgIpc) is 3.18. The third-order valence-corrected chi connectivity index (χ3v) is 4.94. The van der Waals surface area contributed by atoms with Gasteiger partial charge in [-0.15, -0.1) is 11.3 Å². The maximum Gasteiger partial charge on any atom is 0.185 e. The second-order valence-corrected chi connectivity index (χ2v) is 6.75. The number of aromatic nitrogens is 1. The van der Waals surface area contributed by atoms with Gasteiger partial charge in [-0.05, 0) is 26.2 Å². The van der Waals surface area contributed by atoms with Gasteiger partial charge < -0.3 is 15.0 Å². The SMILES string of the molecule is CCCc1nc(N(C)C(C)COC)sc1CNC1CC1. The number of aryl methyl sites for hydroxylation is 1. The molecular formula is C15H27N3OS. The summed E-state index contributed by atoms with van der Waals surface area (Å²) < 4.78 is 5.24. The summed E-state index contributed by atoms with van der Waals surface area (Å²) in [6.07, 6.45) is 4.89. The Labute approximate surface area is 126 Å². The molecule has 1 aliphatic carbocycles. The zero-order valence-corrected chi connectivity index (χ0v) is 13.9. The zero-order chi connectivity index (χ0) is 14.5. The predicted molar refractivity (Wildman–Crippen MR) is 85.7 cm³/mol. The Hall–Kier alpha value is -0.650. The summed E-state index contributed by atoms with van der Waals surface area (Å²) in [5, 5.41) is 4.72. The molecular weight excluding hydrogens is 270 g/mol.